The highest BCUT2D eigenvalue weighted by atomic mass is 16.5. The van der Waals surface area contributed by atoms with E-state index in [4.69, 9.17) is 0 Å². The monoisotopic (exact) mass is 371 g/mol. The lowest BCUT2D eigenvalue weighted by Gasteiger charge is -2.27. The number of ether oxygens (including phenoxy) is 1. The average Bonchev–Trinajstić information content (AvgIpc) is 2.61. The van der Waals surface area contributed by atoms with Crippen molar-refractivity contribution in [2.45, 2.75) is 90.5 Å². The molecule has 0 bridgehead atoms. The number of esters is 1. The van der Waals surface area contributed by atoms with Crippen LogP contribution in [0.2, 0.25) is 0 Å². The number of carboxylic acid groups (broad SMARTS) is 1. The molecule has 0 heterocycles. The van der Waals surface area contributed by atoms with E-state index >= 15 is 0 Å². The summed E-state index contributed by atoms with van der Waals surface area (Å²) in [5.74, 6) is -3.20. The molecule has 150 valence electrons. The smallest absolute Gasteiger partial charge is 0.327 e. The second kappa shape index (κ2) is 14.3. The van der Waals surface area contributed by atoms with E-state index < -0.39 is 36.2 Å². The minimum absolute atomic E-state index is 0.103. The van der Waals surface area contributed by atoms with Gasteiger partial charge in [0.15, 0.2) is 0 Å². The topological polar surface area (TPSA) is 101 Å². The molecule has 0 spiro atoms. The SMILES string of the molecule is CCCCCCC(=O)N(C(=O)CCCCCC)C(CC(=O)OC)C(=O)O. The second-order valence-electron chi connectivity index (χ2n) is 6.41. The van der Waals surface area contributed by atoms with Crippen LogP contribution in [0.4, 0.5) is 0 Å². The standard InChI is InChI=1S/C19H33NO6/c1-4-6-8-10-12-16(21)20(17(22)13-11-9-7-5-2)15(19(24)25)14-18(23)26-3/h15H,4-14H2,1-3H3,(H,24,25). The lowest BCUT2D eigenvalue weighted by atomic mass is 10.1. The molecule has 26 heavy (non-hydrogen) atoms. The van der Waals surface area contributed by atoms with Crippen LogP contribution in [-0.4, -0.2) is 46.9 Å². The Hall–Kier alpha value is -1.92. The normalized spacial score (nSPS) is 11.7. The van der Waals surface area contributed by atoms with Gasteiger partial charge in [0.25, 0.3) is 0 Å². The summed E-state index contributed by atoms with van der Waals surface area (Å²) in [5, 5.41) is 9.45. The van der Waals surface area contributed by atoms with Gasteiger partial charge in [-0.05, 0) is 12.8 Å². The van der Waals surface area contributed by atoms with Crippen molar-refractivity contribution in [2.75, 3.05) is 7.11 Å². The molecular formula is C19H33NO6. The van der Waals surface area contributed by atoms with E-state index in [0.29, 0.717) is 12.8 Å². The van der Waals surface area contributed by atoms with Crippen molar-refractivity contribution in [3.63, 3.8) is 0 Å². The first-order chi connectivity index (χ1) is 12.4. The van der Waals surface area contributed by atoms with E-state index in [1.807, 2.05) is 13.8 Å². The zero-order valence-electron chi connectivity index (χ0n) is 16.3. The van der Waals surface area contributed by atoms with Crippen LogP contribution in [0.5, 0.6) is 0 Å². The maximum atomic E-state index is 12.5. The Labute approximate surface area is 156 Å². The number of unbranched alkanes of at least 4 members (excludes halogenated alkanes) is 6. The van der Waals surface area contributed by atoms with Gasteiger partial charge in [0.2, 0.25) is 11.8 Å². The number of carbonyl (C=O) groups excluding carboxylic acids is 3. The lowest BCUT2D eigenvalue weighted by molar-refractivity contribution is -0.161. The van der Waals surface area contributed by atoms with Crippen LogP contribution in [0.3, 0.4) is 0 Å². The summed E-state index contributed by atoms with van der Waals surface area (Å²) in [6, 6.07) is -1.51. The van der Waals surface area contributed by atoms with Crippen LogP contribution in [0.25, 0.3) is 0 Å². The van der Waals surface area contributed by atoms with Gasteiger partial charge in [0.05, 0.1) is 13.5 Å². The van der Waals surface area contributed by atoms with Crippen molar-refractivity contribution in [3.8, 4) is 0 Å². The van der Waals surface area contributed by atoms with E-state index in [9.17, 15) is 24.3 Å². The Balaban J connectivity index is 5.14. The molecule has 0 saturated heterocycles. The van der Waals surface area contributed by atoms with Crippen molar-refractivity contribution in [1.29, 1.82) is 0 Å². The van der Waals surface area contributed by atoms with Gasteiger partial charge in [0.1, 0.15) is 6.04 Å². The molecule has 0 radical (unpaired) electrons. The van der Waals surface area contributed by atoms with Crippen molar-refractivity contribution in [1.82, 2.24) is 4.90 Å². The molecule has 1 atom stereocenters. The Bertz CT molecular complexity index is 439. The molecule has 1 unspecified atom stereocenters. The number of amides is 2. The van der Waals surface area contributed by atoms with Crippen molar-refractivity contribution < 1.29 is 29.0 Å². The largest absolute Gasteiger partial charge is 0.480 e. The minimum atomic E-state index is -1.51. The van der Waals surface area contributed by atoms with Crippen LogP contribution in [0, 0.1) is 0 Å². The van der Waals surface area contributed by atoms with Crippen LogP contribution in [-0.2, 0) is 23.9 Å². The Morgan fingerprint density at radius 2 is 1.31 bits per heavy atom. The van der Waals surface area contributed by atoms with Crippen LogP contribution >= 0.6 is 0 Å². The molecule has 0 aromatic heterocycles. The van der Waals surface area contributed by atoms with Gasteiger partial charge in [-0.15, -0.1) is 0 Å². The van der Waals surface area contributed by atoms with Gasteiger partial charge in [0, 0.05) is 12.8 Å². The number of nitrogens with zero attached hydrogens (tertiary/aromatic N) is 1. The maximum absolute atomic E-state index is 12.5. The van der Waals surface area contributed by atoms with E-state index in [-0.39, 0.29) is 12.8 Å². The van der Waals surface area contributed by atoms with E-state index in [1.54, 1.807) is 0 Å². The summed E-state index contributed by atoms with van der Waals surface area (Å²) in [6.07, 6.45) is 6.51. The van der Waals surface area contributed by atoms with Crippen molar-refractivity contribution >= 4 is 23.8 Å². The summed E-state index contributed by atoms with van der Waals surface area (Å²) < 4.78 is 4.52. The lowest BCUT2D eigenvalue weighted by Crippen LogP contribution is -2.49. The predicted octanol–water partition coefficient (Wildman–Crippen LogP) is 3.30. The third-order valence-corrected chi connectivity index (χ3v) is 4.21. The molecule has 0 rings (SSSR count). The Morgan fingerprint density at radius 1 is 0.846 bits per heavy atom. The van der Waals surface area contributed by atoms with Gasteiger partial charge in [-0.2, -0.15) is 0 Å². The summed E-state index contributed by atoms with van der Waals surface area (Å²) in [6.45, 7) is 4.09. The number of aliphatic carboxylic acids is 1. The Kier molecular flexibility index (Phi) is 13.2. The van der Waals surface area contributed by atoms with Gasteiger partial charge in [-0.1, -0.05) is 52.4 Å². The van der Waals surface area contributed by atoms with E-state index in [2.05, 4.69) is 4.74 Å². The molecule has 7 heteroatoms. The van der Waals surface area contributed by atoms with Crippen molar-refractivity contribution in [2.24, 2.45) is 0 Å². The summed E-state index contributed by atoms with van der Waals surface area (Å²) in [5.41, 5.74) is 0. The van der Waals surface area contributed by atoms with Crippen molar-refractivity contribution in [3.05, 3.63) is 0 Å². The third-order valence-electron chi connectivity index (χ3n) is 4.21. The Morgan fingerprint density at radius 3 is 1.65 bits per heavy atom. The maximum Gasteiger partial charge on any atom is 0.327 e. The quantitative estimate of drug-likeness (QED) is 0.371. The third kappa shape index (κ3) is 9.53. The van der Waals surface area contributed by atoms with Crippen LogP contribution < -0.4 is 0 Å². The first-order valence-corrected chi connectivity index (χ1v) is 9.53. The molecule has 0 aliphatic carbocycles. The van der Waals surface area contributed by atoms with Gasteiger partial charge < -0.3 is 9.84 Å². The highest BCUT2D eigenvalue weighted by molar-refractivity contribution is 6.00. The molecular weight excluding hydrogens is 338 g/mol. The molecule has 1 N–H and O–H groups in total. The molecule has 0 fully saturated rings. The molecule has 2 amide bonds. The zero-order chi connectivity index (χ0) is 19.9. The molecule has 0 aromatic carbocycles. The first-order valence-electron chi connectivity index (χ1n) is 9.53. The van der Waals surface area contributed by atoms with Crippen LogP contribution in [0.1, 0.15) is 84.5 Å². The fourth-order valence-corrected chi connectivity index (χ4v) is 2.66. The molecule has 0 aliphatic heterocycles. The predicted molar refractivity (Wildman–Crippen MR) is 97.4 cm³/mol. The highest BCUT2D eigenvalue weighted by Crippen LogP contribution is 2.15. The molecule has 0 aromatic rings. The molecule has 0 aliphatic rings. The number of methoxy groups -OCH3 is 1. The van der Waals surface area contributed by atoms with Gasteiger partial charge >= 0.3 is 11.9 Å². The fraction of sp³-hybridized carbons (Fsp3) is 0.789. The second-order valence-corrected chi connectivity index (χ2v) is 6.41. The first kappa shape index (κ1) is 24.1. The molecule has 0 saturated carbocycles. The van der Waals surface area contributed by atoms with Gasteiger partial charge in [-0.25, -0.2) is 4.79 Å². The number of rotatable bonds is 14. The van der Waals surface area contributed by atoms with Gasteiger partial charge in [-0.3, -0.25) is 19.3 Å². The number of hydrogen-bond donors (Lipinski definition) is 1. The summed E-state index contributed by atoms with van der Waals surface area (Å²) in [4.78, 5) is 49.0. The van der Waals surface area contributed by atoms with Crippen LogP contribution in [0.15, 0.2) is 0 Å². The summed E-state index contributed by atoms with van der Waals surface area (Å²) in [7, 11) is 1.14. The zero-order valence-corrected chi connectivity index (χ0v) is 16.3. The molecule has 7 nitrogen and oxygen atoms in total. The number of hydrogen-bond acceptors (Lipinski definition) is 5. The fourth-order valence-electron chi connectivity index (χ4n) is 2.66. The summed E-state index contributed by atoms with van der Waals surface area (Å²) >= 11 is 0. The number of carbonyl (C=O) groups is 4. The number of imide groups is 1. The average molecular weight is 371 g/mol. The highest BCUT2D eigenvalue weighted by Gasteiger charge is 2.35. The number of carboxylic acids is 1. The minimum Gasteiger partial charge on any atom is -0.480 e. The van der Waals surface area contributed by atoms with E-state index in [0.717, 1.165) is 50.5 Å². The van der Waals surface area contributed by atoms with E-state index in [1.165, 1.54) is 0 Å².